The Bertz CT molecular complexity index is 960. The van der Waals surface area contributed by atoms with Gasteiger partial charge in [-0.15, -0.1) is 0 Å². The number of halogens is 2. The smallest absolute Gasteiger partial charge is 0.232 e. The third kappa shape index (κ3) is 5.58. The first kappa shape index (κ1) is 20.5. The Morgan fingerprint density at radius 2 is 1.70 bits per heavy atom. The van der Waals surface area contributed by atoms with Gasteiger partial charge in [-0.2, -0.15) is 0 Å². The number of nitrogens with one attached hydrogen (secondary N) is 1. The van der Waals surface area contributed by atoms with Crippen molar-refractivity contribution in [2.75, 3.05) is 22.4 Å². The summed E-state index contributed by atoms with van der Waals surface area (Å²) >= 11 is 0. The molecule has 2 aromatic rings. The summed E-state index contributed by atoms with van der Waals surface area (Å²) in [5.74, 6) is -2.49. The van der Waals surface area contributed by atoms with Crippen LogP contribution < -0.4 is 9.62 Å². The number of amides is 1. The number of carbonyl (C=O) groups is 2. The number of Topliss-reactive ketones (excluding diaryl/α,β-unsaturated/α-hetero) is 1. The van der Waals surface area contributed by atoms with Crippen molar-refractivity contribution in [3.8, 4) is 0 Å². The van der Waals surface area contributed by atoms with Crippen LogP contribution in [-0.2, 0) is 14.8 Å². The summed E-state index contributed by atoms with van der Waals surface area (Å²) in [5, 5.41) is 2.27. The number of sulfonamides is 1. The predicted octanol–water partition coefficient (Wildman–Crippen LogP) is 2.96. The van der Waals surface area contributed by atoms with E-state index >= 15 is 0 Å². The lowest BCUT2D eigenvalue weighted by Gasteiger charge is -2.22. The summed E-state index contributed by atoms with van der Waals surface area (Å²) in [6.07, 6.45) is 0.738. The Kier molecular flexibility index (Phi) is 6.27. The lowest BCUT2D eigenvalue weighted by Crippen LogP contribution is -2.33. The number of hydrogen-bond acceptors (Lipinski definition) is 4. The zero-order chi connectivity index (χ0) is 20.2. The maximum atomic E-state index is 13.6. The fourth-order valence-electron chi connectivity index (χ4n) is 2.36. The van der Waals surface area contributed by atoms with E-state index in [1.807, 2.05) is 0 Å². The predicted molar refractivity (Wildman–Crippen MR) is 98.2 cm³/mol. The number of nitrogens with zero attached hydrogens (tertiary/aromatic N) is 1. The van der Waals surface area contributed by atoms with Crippen molar-refractivity contribution < 1.29 is 26.8 Å². The fraction of sp³-hybridized carbons (Fsp3) is 0.222. The van der Waals surface area contributed by atoms with E-state index < -0.39 is 27.6 Å². The highest BCUT2D eigenvalue weighted by molar-refractivity contribution is 7.92. The average molecular weight is 396 g/mol. The molecule has 0 saturated carbocycles. The summed E-state index contributed by atoms with van der Waals surface area (Å²) in [4.78, 5) is 23.3. The summed E-state index contributed by atoms with van der Waals surface area (Å²) in [6.45, 7) is 1.20. The molecule has 27 heavy (non-hydrogen) atoms. The van der Waals surface area contributed by atoms with E-state index in [1.165, 1.54) is 31.2 Å². The highest BCUT2D eigenvalue weighted by Crippen LogP contribution is 2.20. The molecule has 0 heterocycles. The molecule has 1 N–H and O–H groups in total. The van der Waals surface area contributed by atoms with Crippen molar-refractivity contribution in [1.82, 2.24) is 0 Å². The first-order valence-corrected chi connectivity index (χ1v) is 9.76. The standard InChI is InChI=1S/C18H18F2N2O4S/c1-12(23)13-3-6-15(7-4-13)22(27(2,25)26)10-9-18(24)21-17-8-5-14(19)11-16(17)20/h3-8,11H,9-10H2,1-2H3,(H,21,24). The van der Waals surface area contributed by atoms with Gasteiger partial charge in [-0.3, -0.25) is 13.9 Å². The van der Waals surface area contributed by atoms with Gasteiger partial charge < -0.3 is 5.32 Å². The summed E-state index contributed by atoms with van der Waals surface area (Å²) < 4.78 is 51.6. The molecule has 6 nitrogen and oxygen atoms in total. The van der Waals surface area contributed by atoms with Gasteiger partial charge in [0, 0.05) is 24.6 Å². The molecule has 0 bridgehead atoms. The summed E-state index contributed by atoms with van der Waals surface area (Å²) in [6, 6.07) is 8.63. The van der Waals surface area contributed by atoms with Gasteiger partial charge in [0.25, 0.3) is 0 Å². The Morgan fingerprint density at radius 1 is 1.07 bits per heavy atom. The quantitative estimate of drug-likeness (QED) is 0.730. The van der Waals surface area contributed by atoms with Crippen molar-refractivity contribution in [1.29, 1.82) is 0 Å². The SMILES string of the molecule is CC(=O)c1ccc(N(CCC(=O)Nc2ccc(F)cc2F)S(C)(=O)=O)cc1. The molecule has 2 rings (SSSR count). The first-order valence-electron chi connectivity index (χ1n) is 7.91. The minimum atomic E-state index is -3.69. The molecule has 0 aliphatic heterocycles. The number of anilines is 2. The number of rotatable bonds is 7. The number of hydrogen-bond donors (Lipinski definition) is 1. The third-order valence-corrected chi connectivity index (χ3v) is 4.90. The second-order valence-corrected chi connectivity index (χ2v) is 7.77. The molecule has 144 valence electrons. The number of ketones is 1. The van der Waals surface area contributed by atoms with Crippen LogP contribution in [0.3, 0.4) is 0 Å². The number of carbonyl (C=O) groups excluding carboxylic acids is 2. The van der Waals surface area contributed by atoms with E-state index in [2.05, 4.69) is 5.32 Å². The van der Waals surface area contributed by atoms with Crippen LogP contribution in [0, 0.1) is 11.6 Å². The molecule has 0 saturated heterocycles. The molecule has 9 heteroatoms. The minimum absolute atomic E-state index is 0.159. The van der Waals surface area contributed by atoms with E-state index in [9.17, 15) is 26.8 Å². The zero-order valence-corrected chi connectivity index (χ0v) is 15.5. The normalized spacial score (nSPS) is 11.1. The molecule has 2 aromatic carbocycles. The van der Waals surface area contributed by atoms with E-state index in [-0.39, 0.29) is 24.4 Å². The molecule has 0 aliphatic rings. The van der Waals surface area contributed by atoms with Crippen LogP contribution in [0.5, 0.6) is 0 Å². The molecule has 0 fully saturated rings. The highest BCUT2D eigenvalue weighted by atomic mass is 32.2. The van der Waals surface area contributed by atoms with Crippen LogP contribution >= 0.6 is 0 Å². The topological polar surface area (TPSA) is 83.6 Å². The van der Waals surface area contributed by atoms with Crippen LogP contribution in [0.25, 0.3) is 0 Å². The van der Waals surface area contributed by atoms with E-state index in [0.717, 1.165) is 22.7 Å². The maximum absolute atomic E-state index is 13.6. The molecular weight excluding hydrogens is 378 g/mol. The average Bonchev–Trinajstić information content (AvgIpc) is 2.57. The molecule has 0 unspecified atom stereocenters. The van der Waals surface area contributed by atoms with E-state index in [4.69, 9.17) is 0 Å². The van der Waals surface area contributed by atoms with Gasteiger partial charge in [-0.25, -0.2) is 17.2 Å². The van der Waals surface area contributed by atoms with Crippen LogP contribution in [0.15, 0.2) is 42.5 Å². The van der Waals surface area contributed by atoms with Crippen molar-refractivity contribution in [2.45, 2.75) is 13.3 Å². The van der Waals surface area contributed by atoms with Crippen molar-refractivity contribution >= 4 is 33.1 Å². The Morgan fingerprint density at radius 3 is 2.22 bits per heavy atom. The van der Waals surface area contributed by atoms with Gasteiger partial charge in [0.05, 0.1) is 17.6 Å². The van der Waals surface area contributed by atoms with Gasteiger partial charge in [0.2, 0.25) is 15.9 Å². The molecular formula is C18H18F2N2O4S. The van der Waals surface area contributed by atoms with Crippen LogP contribution in [0.2, 0.25) is 0 Å². The van der Waals surface area contributed by atoms with Gasteiger partial charge in [0.1, 0.15) is 11.6 Å². The summed E-state index contributed by atoms with van der Waals surface area (Å²) in [5.41, 5.74) is 0.526. The molecule has 0 aromatic heterocycles. The second-order valence-electron chi connectivity index (χ2n) is 5.86. The Balaban J connectivity index is 2.10. The van der Waals surface area contributed by atoms with Crippen molar-refractivity contribution in [3.05, 3.63) is 59.7 Å². The van der Waals surface area contributed by atoms with Crippen molar-refractivity contribution in [3.63, 3.8) is 0 Å². The number of benzene rings is 2. The molecule has 0 atom stereocenters. The third-order valence-electron chi connectivity index (χ3n) is 3.71. The van der Waals surface area contributed by atoms with Crippen LogP contribution in [0.4, 0.5) is 20.2 Å². The van der Waals surface area contributed by atoms with Crippen LogP contribution in [0.1, 0.15) is 23.7 Å². The molecule has 0 radical (unpaired) electrons. The highest BCUT2D eigenvalue weighted by Gasteiger charge is 2.19. The lowest BCUT2D eigenvalue weighted by atomic mass is 10.1. The largest absolute Gasteiger partial charge is 0.324 e. The van der Waals surface area contributed by atoms with Crippen molar-refractivity contribution in [2.24, 2.45) is 0 Å². The van der Waals surface area contributed by atoms with Gasteiger partial charge in [-0.1, -0.05) is 0 Å². The van der Waals surface area contributed by atoms with Gasteiger partial charge >= 0.3 is 0 Å². The lowest BCUT2D eigenvalue weighted by molar-refractivity contribution is -0.116. The van der Waals surface area contributed by atoms with E-state index in [1.54, 1.807) is 0 Å². The Hall–Kier alpha value is -2.81. The van der Waals surface area contributed by atoms with Gasteiger partial charge in [0.15, 0.2) is 5.78 Å². The fourth-order valence-corrected chi connectivity index (χ4v) is 3.28. The monoisotopic (exact) mass is 396 g/mol. The maximum Gasteiger partial charge on any atom is 0.232 e. The van der Waals surface area contributed by atoms with Crippen LogP contribution in [-0.4, -0.2) is 32.9 Å². The molecule has 1 amide bonds. The zero-order valence-electron chi connectivity index (χ0n) is 14.7. The minimum Gasteiger partial charge on any atom is -0.324 e. The second kappa shape index (κ2) is 8.26. The van der Waals surface area contributed by atoms with E-state index in [0.29, 0.717) is 17.3 Å². The molecule has 0 spiro atoms. The summed E-state index contributed by atoms with van der Waals surface area (Å²) in [7, 11) is -3.69. The molecule has 0 aliphatic carbocycles. The first-order chi connectivity index (χ1) is 12.6. The van der Waals surface area contributed by atoms with Gasteiger partial charge in [-0.05, 0) is 43.3 Å². The Labute approximate surface area is 155 Å².